The van der Waals surface area contributed by atoms with Gasteiger partial charge in [0.2, 0.25) is 5.91 Å². The van der Waals surface area contributed by atoms with E-state index in [1.807, 2.05) is 11.0 Å². The number of carbonyl (C=O) groups excluding carboxylic acids is 1. The topological polar surface area (TPSA) is 46.3 Å². The average molecular weight is 245 g/mol. The lowest BCUT2D eigenvalue weighted by atomic mass is 10.1. The minimum Gasteiger partial charge on any atom is -0.336 e. The highest BCUT2D eigenvalue weighted by atomic mass is 35.5. The first-order valence-corrected chi connectivity index (χ1v) is 5.89. The molecule has 0 heterocycles. The summed E-state index contributed by atoms with van der Waals surface area (Å²) in [6, 6.07) is 0.732. The minimum atomic E-state index is 0. The summed E-state index contributed by atoms with van der Waals surface area (Å²) in [5, 5.41) is 0. The van der Waals surface area contributed by atoms with Crippen LogP contribution in [0, 0.1) is 5.92 Å². The van der Waals surface area contributed by atoms with Crippen molar-refractivity contribution in [2.45, 2.75) is 44.2 Å². The highest BCUT2D eigenvalue weighted by molar-refractivity contribution is 5.85. The monoisotopic (exact) mass is 244 g/mol. The molecule has 1 amide bonds. The fourth-order valence-corrected chi connectivity index (χ4v) is 2.42. The summed E-state index contributed by atoms with van der Waals surface area (Å²) in [5.41, 5.74) is 5.84. The molecule has 0 radical (unpaired) electrons. The summed E-state index contributed by atoms with van der Waals surface area (Å²) < 4.78 is 0. The van der Waals surface area contributed by atoms with Gasteiger partial charge in [0, 0.05) is 24.5 Å². The van der Waals surface area contributed by atoms with E-state index in [0.717, 1.165) is 19.3 Å². The molecule has 0 bridgehead atoms. The van der Waals surface area contributed by atoms with E-state index in [0.29, 0.717) is 18.5 Å². The Labute approximate surface area is 103 Å². The lowest BCUT2D eigenvalue weighted by Crippen LogP contribution is -2.37. The number of hydrogen-bond acceptors (Lipinski definition) is 2. The van der Waals surface area contributed by atoms with Gasteiger partial charge in [-0.1, -0.05) is 6.08 Å². The molecule has 2 atom stereocenters. The Morgan fingerprint density at radius 1 is 1.38 bits per heavy atom. The predicted octanol–water partition coefficient (Wildman–Crippen LogP) is 1.71. The summed E-state index contributed by atoms with van der Waals surface area (Å²) >= 11 is 0. The van der Waals surface area contributed by atoms with Crippen LogP contribution in [0.4, 0.5) is 0 Å². The fourth-order valence-electron chi connectivity index (χ4n) is 2.42. The lowest BCUT2D eigenvalue weighted by Gasteiger charge is -2.24. The first-order chi connectivity index (χ1) is 7.22. The van der Waals surface area contributed by atoms with Crippen LogP contribution < -0.4 is 5.73 Å². The van der Waals surface area contributed by atoms with E-state index in [9.17, 15) is 4.79 Å². The molecule has 0 aromatic rings. The molecule has 2 unspecified atom stereocenters. The molecular formula is C12H21ClN2O. The second-order valence-electron chi connectivity index (χ2n) is 4.78. The quantitative estimate of drug-likeness (QED) is 0.766. The summed E-state index contributed by atoms with van der Waals surface area (Å²) in [7, 11) is 0. The van der Waals surface area contributed by atoms with Crippen LogP contribution >= 0.6 is 12.4 Å². The number of nitrogens with zero attached hydrogens (tertiary/aromatic N) is 1. The molecule has 2 aliphatic rings. The minimum absolute atomic E-state index is 0. The van der Waals surface area contributed by atoms with E-state index < -0.39 is 0 Å². The van der Waals surface area contributed by atoms with Crippen molar-refractivity contribution in [2.75, 3.05) is 6.54 Å². The predicted molar refractivity (Wildman–Crippen MR) is 67.5 cm³/mol. The number of nitrogens with two attached hydrogens (primary N) is 1. The molecule has 0 aliphatic heterocycles. The maximum Gasteiger partial charge on any atom is 0.226 e. The SMILES string of the molecule is C=CCN(C(=O)C1CCC(N)C1)C1CC1.Cl. The van der Waals surface area contributed by atoms with Gasteiger partial charge in [0.05, 0.1) is 0 Å². The third-order valence-electron chi connectivity index (χ3n) is 3.42. The highest BCUT2D eigenvalue weighted by Gasteiger charge is 2.37. The van der Waals surface area contributed by atoms with Gasteiger partial charge in [0.15, 0.2) is 0 Å². The smallest absolute Gasteiger partial charge is 0.226 e. The maximum absolute atomic E-state index is 12.2. The molecule has 0 aromatic carbocycles. The average Bonchev–Trinajstić information content (AvgIpc) is 2.96. The zero-order valence-corrected chi connectivity index (χ0v) is 10.4. The van der Waals surface area contributed by atoms with Gasteiger partial charge in [-0.3, -0.25) is 4.79 Å². The zero-order chi connectivity index (χ0) is 10.8. The molecular weight excluding hydrogens is 224 g/mol. The van der Waals surface area contributed by atoms with E-state index in [4.69, 9.17) is 5.73 Å². The second-order valence-corrected chi connectivity index (χ2v) is 4.78. The maximum atomic E-state index is 12.2. The molecule has 92 valence electrons. The van der Waals surface area contributed by atoms with Crippen LogP contribution in [0.3, 0.4) is 0 Å². The first kappa shape index (κ1) is 13.5. The summed E-state index contributed by atoms with van der Waals surface area (Å²) in [4.78, 5) is 14.2. The van der Waals surface area contributed by atoms with Gasteiger partial charge < -0.3 is 10.6 Å². The summed E-state index contributed by atoms with van der Waals surface area (Å²) in [5.74, 6) is 0.492. The normalized spacial score (nSPS) is 28.3. The molecule has 4 heteroatoms. The van der Waals surface area contributed by atoms with Crippen molar-refractivity contribution >= 4 is 18.3 Å². The van der Waals surface area contributed by atoms with Crippen molar-refractivity contribution in [3.05, 3.63) is 12.7 Å². The van der Waals surface area contributed by atoms with Gasteiger partial charge >= 0.3 is 0 Å². The molecule has 16 heavy (non-hydrogen) atoms. The fraction of sp³-hybridized carbons (Fsp3) is 0.750. The largest absolute Gasteiger partial charge is 0.336 e. The number of rotatable bonds is 4. The van der Waals surface area contributed by atoms with Gasteiger partial charge in [-0.2, -0.15) is 0 Å². The molecule has 0 spiro atoms. The van der Waals surface area contributed by atoms with Crippen LogP contribution in [0.25, 0.3) is 0 Å². The van der Waals surface area contributed by atoms with Crippen LogP contribution in [0.1, 0.15) is 32.1 Å². The zero-order valence-electron chi connectivity index (χ0n) is 9.60. The van der Waals surface area contributed by atoms with E-state index in [2.05, 4.69) is 6.58 Å². The van der Waals surface area contributed by atoms with Gasteiger partial charge in [-0.05, 0) is 32.1 Å². The molecule has 2 aliphatic carbocycles. The van der Waals surface area contributed by atoms with Crippen molar-refractivity contribution in [3.63, 3.8) is 0 Å². The Morgan fingerprint density at radius 2 is 2.06 bits per heavy atom. The van der Waals surface area contributed by atoms with Crippen LogP contribution in [0.15, 0.2) is 12.7 Å². The van der Waals surface area contributed by atoms with E-state index in [1.54, 1.807) is 0 Å². The van der Waals surface area contributed by atoms with Crippen molar-refractivity contribution in [1.82, 2.24) is 4.90 Å². The third kappa shape index (κ3) is 2.98. The van der Waals surface area contributed by atoms with Crippen LogP contribution in [-0.4, -0.2) is 29.4 Å². The number of hydrogen-bond donors (Lipinski definition) is 1. The standard InChI is InChI=1S/C12H20N2O.ClH/c1-2-7-14(11-5-6-11)12(15)9-3-4-10(13)8-9;/h2,9-11H,1,3-8,13H2;1H. The van der Waals surface area contributed by atoms with Crippen molar-refractivity contribution in [1.29, 1.82) is 0 Å². The van der Waals surface area contributed by atoms with Crippen LogP contribution in [-0.2, 0) is 4.79 Å². The molecule has 2 fully saturated rings. The summed E-state index contributed by atoms with van der Waals surface area (Å²) in [6.07, 6.45) is 7.00. The summed E-state index contributed by atoms with van der Waals surface area (Å²) in [6.45, 7) is 4.42. The Morgan fingerprint density at radius 3 is 2.50 bits per heavy atom. The van der Waals surface area contributed by atoms with Crippen molar-refractivity contribution in [3.8, 4) is 0 Å². The third-order valence-corrected chi connectivity index (χ3v) is 3.42. The molecule has 2 N–H and O–H groups in total. The Balaban J connectivity index is 0.00000128. The highest BCUT2D eigenvalue weighted by Crippen LogP contribution is 2.32. The van der Waals surface area contributed by atoms with Crippen LogP contribution in [0.2, 0.25) is 0 Å². The Kier molecular flexibility index (Phi) is 4.81. The Hall–Kier alpha value is -0.540. The number of carbonyl (C=O) groups is 1. The number of amides is 1. The molecule has 2 rings (SSSR count). The van der Waals surface area contributed by atoms with E-state index in [1.165, 1.54) is 12.8 Å². The lowest BCUT2D eigenvalue weighted by molar-refractivity contribution is -0.135. The van der Waals surface area contributed by atoms with E-state index >= 15 is 0 Å². The van der Waals surface area contributed by atoms with Gasteiger partial charge in [0.25, 0.3) is 0 Å². The second kappa shape index (κ2) is 5.69. The molecule has 3 nitrogen and oxygen atoms in total. The number of halogens is 1. The molecule has 0 aromatic heterocycles. The van der Waals surface area contributed by atoms with Gasteiger partial charge in [-0.15, -0.1) is 19.0 Å². The Bertz CT molecular complexity index is 266. The van der Waals surface area contributed by atoms with Crippen LogP contribution in [0.5, 0.6) is 0 Å². The van der Waals surface area contributed by atoms with Crippen molar-refractivity contribution in [2.24, 2.45) is 11.7 Å². The van der Waals surface area contributed by atoms with Crippen molar-refractivity contribution < 1.29 is 4.79 Å². The molecule has 2 saturated carbocycles. The van der Waals surface area contributed by atoms with E-state index in [-0.39, 0.29) is 24.4 Å². The molecule has 0 saturated heterocycles. The first-order valence-electron chi connectivity index (χ1n) is 5.89. The van der Waals surface area contributed by atoms with Gasteiger partial charge in [-0.25, -0.2) is 0 Å². The van der Waals surface area contributed by atoms with Gasteiger partial charge in [0.1, 0.15) is 0 Å².